The van der Waals surface area contributed by atoms with Crippen molar-refractivity contribution in [2.24, 2.45) is 0 Å². The van der Waals surface area contributed by atoms with E-state index in [2.05, 4.69) is 17.1 Å². The Morgan fingerprint density at radius 2 is 2.36 bits per heavy atom. The molecule has 0 aromatic carbocycles. The van der Waals surface area contributed by atoms with Crippen LogP contribution in [0.25, 0.3) is 0 Å². The first-order valence-corrected chi connectivity index (χ1v) is 5.92. The summed E-state index contributed by atoms with van der Waals surface area (Å²) in [6.45, 7) is 5.92. The Kier molecular flexibility index (Phi) is 3.10. The maximum Gasteiger partial charge on any atom is 0.0629 e. The monoisotopic (exact) mass is 198 g/mol. The van der Waals surface area contributed by atoms with Crippen molar-refractivity contribution in [2.45, 2.75) is 44.2 Å². The summed E-state index contributed by atoms with van der Waals surface area (Å²) >= 11 is 0. The smallest absolute Gasteiger partial charge is 0.0629 e. The van der Waals surface area contributed by atoms with Gasteiger partial charge in [0.2, 0.25) is 0 Å². The molecule has 2 aliphatic rings. The standard InChI is InChI=1S/C11H22N2O/c1-2-6-12-11(9-14)5-8-13-7-3-4-10(11)13/h10,12,14H,2-9H2,1H3. The average Bonchev–Trinajstić information content (AvgIpc) is 2.77. The normalized spacial score (nSPS) is 37.7. The van der Waals surface area contributed by atoms with Gasteiger partial charge in [0.15, 0.2) is 0 Å². The van der Waals surface area contributed by atoms with Crippen molar-refractivity contribution in [2.75, 3.05) is 26.2 Å². The van der Waals surface area contributed by atoms with Gasteiger partial charge in [-0.15, -0.1) is 0 Å². The Morgan fingerprint density at radius 3 is 3.07 bits per heavy atom. The molecule has 3 nitrogen and oxygen atoms in total. The van der Waals surface area contributed by atoms with Crippen LogP contribution in [-0.4, -0.2) is 47.8 Å². The Morgan fingerprint density at radius 1 is 1.50 bits per heavy atom. The van der Waals surface area contributed by atoms with Crippen LogP contribution in [0, 0.1) is 0 Å². The molecule has 2 aliphatic heterocycles. The molecular weight excluding hydrogens is 176 g/mol. The van der Waals surface area contributed by atoms with E-state index < -0.39 is 0 Å². The van der Waals surface area contributed by atoms with E-state index in [4.69, 9.17) is 0 Å². The number of hydrogen-bond donors (Lipinski definition) is 2. The third kappa shape index (κ3) is 1.58. The lowest BCUT2D eigenvalue weighted by Gasteiger charge is -2.34. The lowest BCUT2D eigenvalue weighted by molar-refractivity contribution is 0.127. The van der Waals surface area contributed by atoms with Crippen LogP contribution in [0.15, 0.2) is 0 Å². The molecule has 2 fully saturated rings. The second-order valence-electron chi connectivity index (χ2n) is 4.69. The highest BCUT2D eigenvalue weighted by Gasteiger charge is 2.48. The van der Waals surface area contributed by atoms with Gasteiger partial charge in [-0.1, -0.05) is 6.92 Å². The van der Waals surface area contributed by atoms with Crippen molar-refractivity contribution in [1.29, 1.82) is 0 Å². The number of nitrogens with one attached hydrogen (secondary N) is 1. The van der Waals surface area contributed by atoms with Gasteiger partial charge in [0.25, 0.3) is 0 Å². The van der Waals surface area contributed by atoms with E-state index in [-0.39, 0.29) is 5.54 Å². The zero-order valence-electron chi connectivity index (χ0n) is 9.13. The molecule has 0 amide bonds. The molecule has 0 spiro atoms. The summed E-state index contributed by atoms with van der Waals surface area (Å²) in [6.07, 6.45) is 4.83. The van der Waals surface area contributed by atoms with Gasteiger partial charge >= 0.3 is 0 Å². The van der Waals surface area contributed by atoms with Gasteiger partial charge in [0, 0.05) is 12.6 Å². The molecule has 0 bridgehead atoms. The molecule has 14 heavy (non-hydrogen) atoms. The number of rotatable bonds is 4. The SMILES string of the molecule is CCCNC1(CO)CCN2CCCC21. The third-order valence-corrected chi connectivity index (χ3v) is 3.86. The molecule has 0 saturated carbocycles. The second kappa shape index (κ2) is 4.17. The van der Waals surface area contributed by atoms with E-state index in [9.17, 15) is 5.11 Å². The van der Waals surface area contributed by atoms with E-state index >= 15 is 0 Å². The second-order valence-corrected chi connectivity index (χ2v) is 4.69. The molecule has 82 valence electrons. The first-order valence-electron chi connectivity index (χ1n) is 5.92. The zero-order chi connectivity index (χ0) is 10.0. The van der Waals surface area contributed by atoms with E-state index in [1.807, 2.05) is 0 Å². The van der Waals surface area contributed by atoms with E-state index in [1.54, 1.807) is 0 Å². The van der Waals surface area contributed by atoms with Gasteiger partial charge in [-0.05, 0) is 38.8 Å². The Hall–Kier alpha value is -0.120. The fourth-order valence-corrected chi connectivity index (χ4v) is 3.05. The Balaban J connectivity index is 2.03. The van der Waals surface area contributed by atoms with Crippen LogP contribution in [-0.2, 0) is 0 Å². The van der Waals surface area contributed by atoms with Crippen molar-refractivity contribution in [1.82, 2.24) is 10.2 Å². The van der Waals surface area contributed by atoms with Crippen LogP contribution < -0.4 is 5.32 Å². The summed E-state index contributed by atoms with van der Waals surface area (Å²) in [5.41, 5.74) is 0.0203. The van der Waals surface area contributed by atoms with Crippen molar-refractivity contribution >= 4 is 0 Å². The Labute approximate surface area is 86.5 Å². The number of hydrogen-bond acceptors (Lipinski definition) is 3. The van der Waals surface area contributed by atoms with Gasteiger partial charge in [0.05, 0.1) is 12.1 Å². The van der Waals surface area contributed by atoms with Crippen molar-refractivity contribution < 1.29 is 5.11 Å². The highest BCUT2D eigenvalue weighted by Crippen LogP contribution is 2.35. The molecule has 2 atom stereocenters. The summed E-state index contributed by atoms with van der Waals surface area (Å²) in [6, 6.07) is 0.596. The third-order valence-electron chi connectivity index (χ3n) is 3.86. The molecule has 0 aromatic heterocycles. The van der Waals surface area contributed by atoms with Gasteiger partial charge in [0.1, 0.15) is 0 Å². The molecule has 2 heterocycles. The van der Waals surface area contributed by atoms with Crippen LogP contribution in [0.5, 0.6) is 0 Å². The van der Waals surface area contributed by atoms with Gasteiger partial charge in [-0.25, -0.2) is 0 Å². The fourth-order valence-electron chi connectivity index (χ4n) is 3.05. The molecule has 3 heteroatoms. The maximum absolute atomic E-state index is 9.60. The quantitative estimate of drug-likeness (QED) is 0.694. The summed E-state index contributed by atoms with van der Waals surface area (Å²) in [4.78, 5) is 2.54. The number of nitrogens with zero attached hydrogens (tertiary/aromatic N) is 1. The van der Waals surface area contributed by atoms with Crippen LogP contribution in [0.2, 0.25) is 0 Å². The first-order chi connectivity index (χ1) is 6.82. The minimum absolute atomic E-state index is 0.0203. The predicted octanol–water partition coefficient (Wildman–Crippen LogP) is 0.585. The van der Waals surface area contributed by atoms with Crippen molar-refractivity contribution in [3.63, 3.8) is 0 Å². The van der Waals surface area contributed by atoms with Crippen molar-refractivity contribution in [3.8, 4) is 0 Å². The van der Waals surface area contributed by atoms with Gasteiger partial charge < -0.3 is 10.4 Å². The van der Waals surface area contributed by atoms with E-state index in [0.29, 0.717) is 12.6 Å². The number of aliphatic hydroxyl groups excluding tert-OH is 1. The van der Waals surface area contributed by atoms with Crippen LogP contribution in [0.1, 0.15) is 32.6 Å². The van der Waals surface area contributed by atoms with E-state index in [1.165, 1.54) is 25.9 Å². The largest absolute Gasteiger partial charge is 0.394 e. The highest BCUT2D eigenvalue weighted by atomic mass is 16.3. The van der Waals surface area contributed by atoms with Crippen LogP contribution in [0.3, 0.4) is 0 Å². The molecular formula is C11H22N2O. The Bertz CT molecular complexity index is 198. The minimum atomic E-state index is 0.0203. The molecule has 2 rings (SSSR count). The molecule has 2 saturated heterocycles. The van der Waals surface area contributed by atoms with Crippen LogP contribution >= 0.6 is 0 Å². The summed E-state index contributed by atoms with van der Waals surface area (Å²) in [5, 5.41) is 13.2. The maximum atomic E-state index is 9.60. The number of aliphatic hydroxyl groups is 1. The molecule has 0 aromatic rings. The minimum Gasteiger partial charge on any atom is -0.394 e. The first kappa shape index (κ1) is 10.4. The predicted molar refractivity (Wildman–Crippen MR) is 57.3 cm³/mol. The summed E-state index contributed by atoms with van der Waals surface area (Å²) in [5.74, 6) is 0. The van der Waals surface area contributed by atoms with Gasteiger partial charge in [-0.2, -0.15) is 0 Å². The zero-order valence-corrected chi connectivity index (χ0v) is 9.13. The summed E-state index contributed by atoms with van der Waals surface area (Å²) in [7, 11) is 0. The molecule has 2 N–H and O–H groups in total. The number of fused-ring (bicyclic) bond motifs is 1. The van der Waals surface area contributed by atoms with Gasteiger partial charge in [-0.3, -0.25) is 4.90 Å². The topological polar surface area (TPSA) is 35.5 Å². The average molecular weight is 198 g/mol. The lowest BCUT2D eigenvalue weighted by Crippen LogP contribution is -2.56. The van der Waals surface area contributed by atoms with Crippen molar-refractivity contribution in [3.05, 3.63) is 0 Å². The molecule has 0 aliphatic carbocycles. The molecule has 0 radical (unpaired) electrons. The lowest BCUT2D eigenvalue weighted by atomic mass is 9.89. The van der Waals surface area contributed by atoms with E-state index in [0.717, 1.165) is 19.4 Å². The van der Waals surface area contributed by atoms with Crippen LogP contribution in [0.4, 0.5) is 0 Å². The summed E-state index contributed by atoms with van der Waals surface area (Å²) < 4.78 is 0. The molecule has 2 unspecified atom stereocenters. The fraction of sp³-hybridized carbons (Fsp3) is 1.00. The highest BCUT2D eigenvalue weighted by molar-refractivity contribution is 5.07.